The van der Waals surface area contributed by atoms with Crippen molar-refractivity contribution in [1.29, 1.82) is 0 Å². The first kappa shape index (κ1) is 17.4. The third kappa shape index (κ3) is 3.91. The molecule has 0 unspecified atom stereocenters. The zero-order chi connectivity index (χ0) is 18.6. The molecule has 0 bridgehead atoms. The Morgan fingerprint density at radius 3 is 2.52 bits per heavy atom. The highest BCUT2D eigenvalue weighted by atomic mass is 32.1. The largest absolute Gasteiger partial charge is 0.444 e. The molecular weight excluding hydrogens is 352 g/mol. The van der Waals surface area contributed by atoms with Crippen LogP contribution in [0, 0.1) is 13.8 Å². The molecule has 0 atom stereocenters. The SMILES string of the molecule is Cc1ccc(-c2cnco2)cc1-c1ccc(CN=Cc2sccc2C)cc1. The Bertz CT molecular complexity index is 1060. The fourth-order valence-electron chi connectivity index (χ4n) is 2.99. The van der Waals surface area contributed by atoms with E-state index in [1.165, 1.54) is 39.1 Å². The first-order chi connectivity index (χ1) is 13.2. The van der Waals surface area contributed by atoms with E-state index in [2.05, 4.69) is 77.7 Å². The van der Waals surface area contributed by atoms with Crippen LogP contribution in [0.4, 0.5) is 0 Å². The molecule has 3 nitrogen and oxygen atoms in total. The van der Waals surface area contributed by atoms with Gasteiger partial charge in [0.2, 0.25) is 0 Å². The highest BCUT2D eigenvalue weighted by Gasteiger charge is 2.07. The van der Waals surface area contributed by atoms with Crippen molar-refractivity contribution in [3.63, 3.8) is 0 Å². The molecule has 0 spiro atoms. The molecule has 27 heavy (non-hydrogen) atoms. The van der Waals surface area contributed by atoms with Gasteiger partial charge in [-0.1, -0.05) is 36.4 Å². The molecule has 0 saturated carbocycles. The molecule has 0 fully saturated rings. The number of oxazole rings is 1. The molecule has 0 aliphatic rings. The maximum atomic E-state index is 5.43. The summed E-state index contributed by atoms with van der Waals surface area (Å²) in [6, 6.07) is 17.1. The molecule has 0 amide bonds. The fourth-order valence-corrected chi connectivity index (χ4v) is 3.79. The summed E-state index contributed by atoms with van der Waals surface area (Å²) in [5.41, 5.74) is 7.14. The van der Waals surface area contributed by atoms with Crippen molar-refractivity contribution in [3.05, 3.63) is 88.1 Å². The second-order valence-electron chi connectivity index (χ2n) is 6.53. The van der Waals surface area contributed by atoms with E-state index in [-0.39, 0.29) is 0 Å². The quantitative estimate of drug-likeness (QED) is 0.385. The van der Waals surface area contributed by atoms with Crippen LogP contribution < -0.4 is 0 Å². The van der Waals surface area contributed by atoms with Gasteiger partial charge < -0.3 is 4.42 Å². The van der Waals surface area contributed by atoms with Crippen LogP contribution in [0.3, 0.4) is 0 Å². The maximum Gasteiger partial charge on any atom is 0.181 e. The Morgan fingerprint density at radius 1 is 1.00 bits per heavy atom. The van der Waals surface area contributed by atoms with Gasteiger partial charge in [0.05, 0.1) is 12.7 Å². The van der Waals surface area contributed by atoms with Crippen molar-refractivity contribution in [2.45, 2.75) is 20.4 Å². The zero-order valence-corrected chi connectivity index (χ0v) is 16.2. The molecule has 4 aromatic rings. The minimum atomic E-state index is 0.689. The van der Waals surface area contributed by atoms with Gasteiger partial charge in [0.15, 0.2) is 12.2 Å². The van der Waals surface area contributed by atoms with Crippen LogP contribution in [-0.2, 0) is 6.54 Å². The van der Waals surface area contributed by atoms with E-state index in [0.29, 0.717) is 6.54 Å². The van der Waals surface area contributed by atoms with Crippen LogP contribution in [0.5, 0.6) is 0 Å². The zero-order valence-electron chi connectivity index (χ0n) is 15.3. The topological polar surface area (TPSA) is 38.4 Å². The summed E-state index contributed by atoms with van der Waals surface area (Å²) in [4.78, 5) is 9.82. The first-order valence-corrected chi connectivity index (χ1v) is 9.71. The molecule has 4 heteroatoms. The molecular formula is C23H20N2OS. The molecule has 0 saturated heterocycles. The summed E-state index contributed by atoms with van der Waals surface area (Å²) in [6.45, 7) is 4.93. The lowest BCUT2D eigenvalue weighted by molar-refractivity contribution is 0.572. The van der Waals surface area contributed by atoms with Crippen molar-refractivity contribution >= 4 is 17.6 Å². The Hall–Kier alpha value is -2.98. The van der Waals surface area contributed by atoms with E-state index in [4.69, 9.17) is 4.42 Å². The van der Waals surface area contributed by atoms with Gasteiger partial charge in [0.1, 0.15) is 0 Å². The van der Waals surface area contributed by atoms with Gasteiger partial charge in [-0.05, 0) is 59.2 Å². The van der Waals surface area contributed by atoms with Crippen molar-refractivity contribution in [2.24, 2.45) is 4.99 Å². The summed E-state index contributed by atoms with van der Waals surface area (Å²) < 4.78 is 5.43. The average Bonchev–Trinajstić information content (AvgIpc) is 3.35. The van der Waals surface area contributed by atoms with Crippen LogP contribution in [0.15, 0.2) is 75.9 Å². The van der Waals surface area contributed by atoms with Gasteiger partial charge in [-0.15, -0.1) is 11.3 Å². The number of aryl methyl sites for hydroxylation is 2. The Morgan fingerprint density at radius 2 is 1.81 bits per heavy atom. The first-order valence-electron chi connectivity index (χ1n) is 8.83. The summed E-state index contributed by atoms with van der Waals surface area (Å²) >= 11 is 1.72. The summed E-state index contributed by atoms with van der Waals surface area (Å²) in [6.07, 6.45) is 5.17. The molecule has 0 N–H and O–H groups in total. The summed E-state index contributed by atoms with van der Waals surface area (Å²) in [5, 5.41) is 2.10. The lowest BCUT2D eigenvalue weighted by Crippen LogP contribution is -1.88. The number of benzene rings is 2. The van der Waals surface area contributed by atoms with Gasteiger partial charge in [-0.25, -0.2) is 4.98 Å². The molecule has 0 aliphatic heterocycles. The van der Waals surface area contributed by atoms with Crippen LogP contribution >= 0.6 is 11.3 Å². The van der Waals surface area contributed by atoms with E-state index in [9.17, 15) is 0 Å². The highest BCUT2D eigenvalue weighted by molar-refractivity contribution is 7.11. The van der Waals surface area contributed by atoms with E-state index >= 15 is 0 Å². The van der Waals surface area contributed by atoms with Crippen LogP contribution in [-0.4, -0.2) is 11.2 Å². The third-order valence-electron chi connectivity index (χ3n) is 4.60. The molecule has 134 valence electrons. The van der Waals surface area contributed by atoms with Crippen molar-refractivity contribution < 1.29 is 4.42 Å². The minimum absolute atomic E-state index is 0.689. The highest BCUT2D eigenvalue weighted by Crippen LogP contribution is 2.29. The van der Waals surface area contributed by atoms with Crippen LogP contribution in [0.25, 0.3) is 22.5 Å². The van der Waals surface area contributed by atoms with Crippen LogP contribution in [0.2, 0.25) is 0 Å². The number of hydrogen-bond donors (Lipinski definition) is 0. The smallest absolute Gasteiger partial charge is 0.181 e. The Labute approximate surface area is 163 Å². The maximum absolute atomic E-state index is 5.43. The monoisotopic (exact) mass is 372 g/mol. The molecule has 4 rings (SSSR count). The lowest BCUT2D eigenvalue weighted by atomic mass is 9.96. The van der Waals surface area contributed by atoms with Gasteiger partial charge in [-0.2, -0.15) is 0 Å². The molecule has 2 aromatic carbocycles. The Kier molecular flexibility index (Phi) is 4.99. The summed E-state index contributed by atoms with van der Waals surface area (Å²) in [7, 11) is 0. The molecule has 0 aliphatic carbocycles. The second kappa shape index (κ2) is 7.72. The number of rotatable bonds is 5. The van der Waals surface area contributed by atoms with E-state index in [1.807, 2.05) is 6.21 Å². The predicted molar refractivity (Wildman–Crippen MR) is 112 cm³/mol. The second-order valence-corrected chi connectivity index (χ2v) is 7.48. The van der Waals surface area contributed by atoms with Gasteiger partial charge >= 0.3 is 0 Å². The average molecular weight is 372 g/mol. The molecule has 2 aromatic heterocycles. The molecule has 0 radical (unpaired) electrons. The summed E-state index contributed by atoms with van der Waals surface area (Å²) in [5.74, 6) is 0.783. The van der Waals surface area contributed by atoms with Crippen LogP contribution in [0.1, 0.15) is 21.6 Å². The predicted octanol–water partition coefficient (Wildman–Crippen LogP) is 6.31. The van der Waals surface area contributed by atoms with Crippen molar-refractivity contribution in [1.82, 2.24) is 4.98 Å². The van der Waals surface area contributed by atoms with E-state index in [1.54, 1.807) is 17.5 Å². The van der Waals surface area contributed by atoms with Gasteiger partial charge in [0.25, 0.3) is 0 Å². The number of hydrogen-bond acceptors (Lipinski definition) is 4. The van der Waals surface area contributed by atoms with E-state index < -0.39 is 0 Å². The third-order valence-corrected chi connectivity index (χ3v) is 5.56. The van der Waals surface area contributed by atoms with Gasteiger partial charge in [0, 0.05) is 16.7 Å². The number of thiophene rings is 1. The van der Waals surface area contributed by atoms with Crippen molar-refractivity contribution in [3.8, 4) is 22.5 Å². The van der Waals surface area contributed by atoms with Gasteiger partial charge in [-0.3, -0.25) is 4.99 Å². The molecule has 2 heterocycles. The number of aromatic nitrogens is 1. The minimum Gasteiger partial charge on any atom is -0.444 e. The standard InChI is InChI=1S/C23H20N2OS/c1-16-3-6-20(22-13-25-15-26-22)11-21(16)19-7-4-18(5-8-19)12-24-14-23-17(2)9-10-27-23/h3-11,13-15H,12H2,1-2H3. The fraction of sp³-hybridized carbons (Fsp3) is 0.130. The van der Waals surface area contributed by atoms with E-state index in [0.717, 1.165) is 11.3 Å². The normalized spacial score (nSPS) is 11.3. The number of aliphatic imine (C=N–C) groups is 1. The number of nitrogens with zero attached hydrogens (tertiary/aromatic N) is 2. The lowest BCUT2D eigenvalue weighted by Gasteiger charge is -2.09. The van der Waals surface area contributed by atoms with Crippen molar-refractivity contribution in [2.75, 3.05) is 0 Å². The Balaban J connectivity index is 1.53.